The van der Waals surface area contributed by atoms with Gasteiger partial charge in [-0.3, -0.25) is 4.79 Å². The van der Waals surface area contributed by atoms with Gasteiger partial charge >= 0.3 is 0 Å². The topological polar surface area (TPSA) is 138 Å². The number of nitrogen functional groups attached to an aromatic ring is 1. The Morgan fingerprint density at radius 1 is 1.27 bits per heavy atom. The van der Waals surface area contributed by atoms with Gasteiger partial charge in [-0.05, 0) is 83.5 Å². The maximum atomic E-state index is 12.4. The monoisotopic (exact) mass is 628 g/mol. The quantitative estimate of drug-likeness (QED) is 0.393. The molecule has 4 aliphatic rings. The maximum absolute atomic E-state index is 12.4. The summed E-state index contributed by atoms with van der Waals surface area (Å²) in [6, 6.07) is 4.64. The van der Waals surface area contributed by atoms with Crippen molar-refractivity contribution < 1.29 is 14.1 Å². The first-order valence-corrected chi connectivity index (χ1v) is 16.9. The molecule has 0 aromatic carbocycles. The molecule has 12 heteroatoms. The molecule has 236 valence electrons. The molecule has 3 aromatic rings. The summed E-state index contributed by atoms with van der Waals surface area (Å²) >= 11 is 1.54. The second kappa shape index (κ2) is 11.8. The molecule has 7 rings (SSSR count). The van der Waals surface area contributed by atoms with Crippen molar-refractivity contribution in [3.63, 3.8) is 0 Å². The van der Waals surface area contributed by atoms with Crippen LogP contribution in [0.1, 0.15) is 72.8 Å². The number of piperazine rings is 1. The number of aryl methyl sites for hydroxylation is 1. The number of carbonyl (C=O) groups excluding carboxylic acids is 1. The zero-order chi connectivity index (χ0) is 31.3. The number of amides is 1. The number of nitrogens with two attached hydrogens (primary N) is 1. The van der Waals surface area contributed by atoms with Crippen molar-refractivity contribution in [2.45, 2.75) is 75.8 Å². The maximum Gasteiger partial charge on any atom is 0.246 e. The fraction of sp³-hybridized carbons (Fsp3) is 0.545. The van der Waals surface area contributed by atoms with Gasteiger partial charge in [-0.25, -0.2) is 4.98 Å². The third kappa shape index (κ3) is 5.06. The number of likely N-dealkylation sites (tertiary alicyclic amines) is 1. The van der Waals surface area contributed by atoms with Crippen molar-refractivity contribution in [2.24, 2.45) is 0 Å². The number of thiophene rings is 1. The van der Waals surface area contributed by atoms with E-state index in [0.29, 0.717) is 60.2 Å². The van der Waals surface area contributed by atoms with Crippen LogP contribution in [-0.4, -0.2) is 82.7 Å². The fourth-order valence-electron chi connectivity index (χ4n) is 7.95. The summed E-state index contributed by atoms with van der Waals surface area (Å²) < 4.78 is 12.6. The lowest BCUT2D eigenvalue weighted by Gasteiger charge is -2.40. The summed E-state index contributed by atoms with van der Waals surface area (Å²) in [5.41, 5.74) is 9.21. The number of aromatic nitrogens is 3. The molecule has 3 aromatic heterocycles. The summed E-state index contributed by atoms with van der Waals surface area (Å²) in [5.74, 6) is 2.49. The lowest BCUT2D eigenvalue weighted by Crippen LogP contribution is -2.54. The first-order valence-electron chi connectivity index (χ1n) is 16.0. The van der Waals surface area contributed by atoms with Crippen molar-refractivity contribution in [1.82, 2.24) is 24.9 Å². The predicted molar refractivity (Wildman–Crippen MR) is 172 cm³/mol. The Morgan fingerprint density at radius 2 is 2.09 bits per heavy atom. The van der Waals surface area contributed by atoms with Crippen LogP contribution in [0, 0.1) is 11.3 Å². The minimum Gasteiger partial charge on any atom is -0.476 e. The molecule has 2 saturated heterocycles. The molecule has 0 saturated carbocycles. The molecular weight excluding hydrogens is 588 g/mol. The van der Waals surface area contributed by atoms with E-state index in [0.717, 1.165) is 80.6 Å². The Labute approximate surface area is 267 Å². The highest BCUT2D eigenvalue weighted by molar-refractivity contribution is 7.16. The largest absolute Gasteiger partial charge is 0.476 e. The first-order chi connectivity index (χ1) is 21.8. The molecule has 2 fully saturated rings. The van der Waals surface area contributed by atoms with Gasteiger partial charge in [-0.15, -0.1) is 11.3 Å². The molecule has 45 heavy (non-hydrogen) atoms. The summed E-state index contributed by atoms with van der Waals surface area (Å²) in [7, 11) is 2.14. The lowest BCUT2D eigenvalue weighted by atomic mass is 9.63. The fourth-order valence-corrected chi connectivity index (χ4v) is 9.11. The van der Waals surface area contributed by atoms with Crippen molar-refractivity contribution in [3.05, 3.63) is 46.0 Å². The van der Waals surface area contributed by atoms with Gasteiger partial charge in [0.15, 0.2) is 17.3 Å². The molecule has 2 N–H and O–H groups in total. The smallest absolute Gasteiger partial charge is 0.246 e. The van der Waals surface area contributed by atoms with E-state index < -0.39 is 5.41 Å². The first kappa shape index (κ1) is 29.7. The second-order valence-electron chi connectivity index (χ2n) is 12.9. The van der Waals surface area contributed by atoms with Crippen molar-refractivity contribution >= 4 is 28.1 Å². The van der Waals surface area contributed by atoms with Crippen LogP contribution in [0.5, 0.6) is 5.88 Å². The Balaban J connectivity index is 1.27. The third-order valence-electron chi connectivity index (χ3n) is 10.3. The van der Waals surface area contributed by atoms with Crippen LogP contribution in [0.2, 0.25) is 0 Å². The van der Waals surface area contributed by atoms with Crippen LogP contribution >= 0.6 is 11.3 Å². The van der Waals surface area contributed by atoms with Crippen LogP contribution in [0.3, 0.4) is 0 Å². The van der Waals surface area contributed by atoms with Crippen LogP contribution in [0.4, 0.5) is 10.8 Å². The molecule has 0 radical (unpaired) electrons. The van der Waals surface area contributed by atoms with E-state index in [4.69, 9.17) is 25.0 Å². The van der Waals surface area contributed by atoms with Crippen molar-refractivity contribution in [1.29, 1.82) is 5.26 Å². The average Bonchev–Trinajstić information content (AvgIpc) is 3.76. The van der Waals surface area contributed by atoms with Crippen LogP contribution in [0.15, 0.2) is 23.2 Å². The number of carbonyl (C=O) groups is 1. The number of hydrogen-bond acceptors (Lipinski definition) is 11. The summed E-state index contributed by atoms with van der Waals surface area (Å²) in [5, 5.41) is 15.3. The predicted octanol–water partition coefficient (Wildman–Crippen LogP) is 4.30. The molecule has 0 bridgehead atoms. The van der Waals surface area contributed by atoms with E-state index in [9.17, 15) is 10.1 Å². The third-order valence-corrected chi connectivity index (χ3v) is 11.3. The highest BCUT2D eigenvalue weighted by atomic mass is 32.1. The van der Waals surface area contributed by atoms with E-state index >= 15 is 0 Å². The van der Waals surface area contributed by atoms with Gasteiger partial charge in [0.1, 0.15) is 23.5 Å². The highest BCUT2D eigenvalue weighted by Crippen LogP contribution is 2.55. The number of rotatable bonds is 6. The van der Waals surface area contributed by atoms with Gasteiger partial charge in [-0.1, -0.05) is 11.7 Å². The van der Waals surface area contributed by atoms with Gasteiger partial charge in [0.25, 0.3) is 0 Å². The minimum absolute atomic E-state index is 0.00767. The highest BCUT2D eigenvalue weighted by Gasteiger charge is 2.49. The normalized spacial score (nSPS) is 24.7. The Morgan fingerprint density at radius 3 is 2.82 bits per heavy atom. The van der Waals surface area contributed by atoms with Gasteiger partial charge in [-0.2, -0.15) is 10.2 Å². The Bertz CT molecular complexity index is 1670. The number of hydrogen-bond donors (Lipinski definition) is 1. The average molecular weight is 629 g/mol. The van der Waals surface area contributed by atoms with Gasteiger partial charge in [0.2, 0.25) is 11.8 Å². The molecule has 1 spiro atoms. The SMILES string of the molecule is C=CC(=O)N1CCN(c2cc(OC[C@@H]3CCCN3C)nc(-c3noc4c3CCC[C@@]43CCCc4sc(N)c(C#N)c43)n2)C[C@@H]1C. The van der Waals surface area contributed by atoms with Gasteiger partial charge in [0.05, 0.1) is 11.0 Å². The van der Waals surface area contributed by atoms with Crippen LogP contribution < -0.4 is 15.4 Å². The number of fused-ring (bicyclic) bond motifs is 4. The standard InChI is InChI=1S/C33H40N8O3S/c1-4-27(42)41-15-14-40(18-20(41)2)25-16-26(43-19-21-8-7-13-39(21)3)37-32(36-25)29-22-9-5-11-33(30(22)44-38-29)12-6-10-24-28(33)23(17-34)31(35)45-24/h4,16,20-21H,1,5-15,18-19,35H2,2-3H3/t20-,21-,33-/m0/s1. The summed E-state index contributed by atoms with van der Waals surface area (Å²) in [6.45, 7) is 9.15. The molecular formula is C33H40N8O3S. The molecule has 11 nitrogen and oxygen atoms in total. The zero-order valence-electron chi connectivity index (χ0n) is 26.0. The van der Waals surface area contributed by atoms with Crippen molar-refractivity contribution in [3.8, 4) is 23.5 Å². The Hall–Kier alpha value is -3.95. The van der Waals surface area contributed by atoms with Crippen LogP contribution in [0.25, 0.3) is 11.5 Å². The molecule has 3 atom stereocenters. The lowest BCUT2D eigenvalue weighted by molar-refractivity contribution is -0.128. The van der Waals surface area contributed by atoms with E-state index in [1.807, 2.05) is 17.9 Å². The molecule has 2 aliphatic carbocycles. The van der Waals surface area contributed by atoms with E-state index in [1.165, 1.54) is 22.3 Å². The molecule has 0 unspecified atom stereocenters. The summed E-state index contributed by atoms with van der Waals surface area (Å²) in [4.78, 5) is 29.9. The van der Waals surface area contributed by atoms with Gasteiger partial charge < -0.3 is 29.7 Å². The zero-order valence-corrected chi connectivity index (χ0v) is 26.9. The number of anilines is 2. The number of ether oxygens (including phenoxy) is 1. The molecule has 5 heterocycles. The van der Waals surface area contributed by atoms with E-state index in [1.54, 1.807) is 0 Å². The summed E-state index contributed by atoms with van der Waals surface area (Å²) in [6.07, 6.45) is 9.08. The van der Waals surface area contributed by atoms with E-state index in [2.05, 4.69) is 34.7 Å². The molecule has 2 aliphatic heterocycles. The second-order valence-corrected chi connectivity index (χ2v) is 14.0. The number of nitrogens with zero attached hydrogens (tertiary/aromatic N) is 7. The number of likely N-dealkylation sites (N-methyl/N-ethyl adjacent to an activating group) is 1. The van der Waals surface area contributed by atoms with E-state index in [-0.39, 0.29) is 11.9 Å². The minimum atomic E-state index is -0.418. The Kier molecular flexibility index (Phi) is 7.78. The van der Waals surface area contributed by atoms with Crippen LogP contribution in [-0.2, 0) is 23.1 Å². The number of nitriles is 1. The van der Waals surface area contributed by atoms with Crippen molar-refractivity contribution in [2.75, 3.05) is 50.5 Å². The van der Waals surface area contributed by atoms with Gasteiger partial charge in [0, 0.05) is 48.2 Å². The molecule has 1 amide bonds.